The van der Waals surface area contributed by atoms with Gasteiger partial charge in [-0.15, -0.1) is 0 Å². The minimum absolute atomic E-state index is 1.21. The first-order chi connectivity index (χ1) is 6.45. The van der Waals surface area contributed by atoms with Gasteiger partial charge in [-0.25, -0.2) is 4.52 Å². The molecule has 0 atom stereocenters. The van der Waals surface area contributed by atoms with Crippen LogP contribution in [0.25, 0.3) is 16.0 Å². The van der Waals surface area contributed by atoms with Gasteiger partial charge in [0.05, 0.1) is 11.4 Å². The normalized spacial score (nSPS) is 11.7. The summed E-state index contributed by atoms with van der Waals surface area (Å²) < 4.78 is 1.93. The number of rotatable bonds is 0. The Bertz CT molecular complexity index is 571. The average molecular weight is 186 g/mol. The van der Waals surface area contributed by atoms with Crippen LogP contribution < -0.4 is 0 Å². The molecule has 0 spiro atoms. The molecule has 0 fully saturated rings. The molecule has 2 aromatic heterocycles. The molecule has 3 rings (SSSR count). The van der Waals surface area contributed by atoms with E-state index in [9.17, 15) is 0 Å². The smallest absolute Gasteiger partial charge is 0.0991 e. The van der Waals surface area contributed by atoms with E-state index in [0.717, 1.165) is 0 Å². The van der Waals surface area contributed by atoms with Crippen LogP contribution in [0.2, 0.25) is 0 Å². The maximum absolute atomic E-state index is 4.31. The van der Waals surface area contributed by atoms with E-state index < -0.39 is 0 Å². The molecule has 1 aromatic carbocycles. The summed E-state index contributed by atoms with van der Waals surface area (Å²) in [5, 5.41) is 8.08. The highest BCUT2D eigenvalue weighted by Gasteiger charge is 1.98. The fourth-order valence-electron chi connectivity index (χ4n) is 1.52. The molecule has 0 amide bonds. The molecule has 2 nitrogen and oxygen atoms in total. The van der Waals surface area contributed by atoms with Crippen molar-refractivity contribution < 1.29 is 0 Å². The summed E-state index contributed by atoms with van der Waals surface area (Å²) in [6.45, 7) is 0. The summed E-state index contributed by atoms with van der Waals surface area (Å²) in [4.78, 5) is 0. The lowest BCUT2D eigenvalue weighted by molar-refractivity contribution is 0.954. The van der Waals surface area contributed by atoms with Crippen LogP contribution in [0, 0.1) is 0 Å². The van der Waals surface area contributed by atoms with Crippen molar-refractivity contribution in [2.24, 2.45) is 0 Å². The highest BCUT2D eigenvalue weighted by atomic mass is 31.0. The Balaban J connectivity index is 2.65. The van der Waals surface area contributed by atoms with Gasteiger partial charge in [-0.2, -0.15) is 5.10 Å². The van der Waals surface area contributed by atoms with Crippen molar-refractivity contribution in [3.8, 4) is 0 Å². The van der Waals surface area contributed by atoms with Crippen LogP contribution in [0.4, 0.5) is 0 Å². The number of benzene rings is 1. The Morgan fingerprint density at radius 3 is 3.15 bits per heavy atom. The van der Waals surface area contributed by atoms with Crippen molar-refractivity contribution in [3.05, 3.63) is 42.5 Å². The van der Waals surface area contributed by atoms with E-state index in [-0.39, 0.29) is 0 Å². The predicted molar refractivity (Wildman–Crippen MR) is 55.2 cm³/mol. The third kappa shape index (κ3) is 0.958. The molecule has 0 saturated carbocycles. The van der Waals surface area contributed by atoms with Gasteiger partial charge in [0.15, 0.2) is 0 Å². The third-order valence-corrected chi connectivity index (χ3v) is 3.12. The lowest BCUT2D eigenvalue weighted by atomic mass is 10.2. The first-order valence-corrected chi connectivity index (χ1v) is 5.08. The summed E-state index contributed by atoms with van der Waals surface area (Å²) in [6.07, 6.45) is 3.91. The van der Waals surface area contributed by atoms with Gasteiger partial charge in [0.25, 0.3) is 0 Å². The molecule has 0 aliphatic carbocycles. The van der Waals surface area contributed by atoms with Gasteiger partial charge in [0.2, 0.25) is 0 Å². The lowest BCUT2D eigenvalue weighted by Gasteiger charge is -1.98. The van der Waals surface area contributed by atoms with Crippen LogP contribution in [0.15, 0.2) is 42.5 Å². The highest BCUT2D eigenvalue weighted by molar-refractivity contribution is 7.35. The molecular weight excluding hydrogens is 179 g/mol. The maximum Gasteiger partial charge on any atom is 0.0991 e. The van der Waals surface area contributed by atoms with Gasteiger partial charge in [-0.05, 0) is 14.0 Å². The van der Waals surface area contributed by atoms with Crippen LogP contribution in [0.3, 0.4) is 0 Å². The molecule has 0 saturated heterocycles. The van der Waals surface area contributed by atoms with Gasteiger partial charge in [0.1, 0.15) is 0 Å². The molecule has 3 aromatic rings. The molecule has 0 N–H and O–H groups in total. The van der Waals surface area contributed by atoms with Gasteiger partial charge in [-0.3, -0.25) is 0 Å². The largest absolute Gasteiger partial charge is 0.235 e. The van der Waals surface area contributed by atoms with Crippen molar-refractivity contribution in [3.63, 3.8) is 0 Å². The molecule has 0 bridgehead atoms. The monoisotopic (exact) mass is 186 g/mol. The van der Waals surface area contributed by atoms with Gasteiger partial charge >= 0.3 is 0 Å². The molecule has 0 radical (unpaired) electrons. The second kappa shape index (κ2) is 2.54. The summed E-state index contributed by atoms with van der Waals surface area (Å²) >= 11 is 0. The van der Waals surface area contributed by atoms with Crippen LogP contribution in [-0.4, -0.2) is 9.61 Å². The molecule has 2 heterocycles. The Kier molecular flexibility index (Phi) is 1.38. The van der Waals surface area contributed by atoms with E-state index in [4.69, 9.17) is 0 Å². The van der Waals surface area contributed by atoms with E-state index >= 15 is 0 Å². The fraction of sp³-hybridized carbons (Fsp3) is 0. The Labute approximate surface area is 76.9 Å². The number of nitrogens with zero attached hydrogens (tertiary/aromatic N) is 2. The Morgan fingerprint density at radius 1 is 1.23 bits per heavy atom. The minimum Gasteiger partial charge on any atom is -0.235 e. The lowest BCUT2D eigenvalue weighted by Crippen LogP contribution is -1.87. The highest BCUT2D eigenvalue weighted by Crippen LogP contribution is 2.24. The molecule has 0 aliphatic heterocycles. The summed E-state index contributed by atoms with van der Waals surface area (Å²) in [7, 11) is 1.24. The van der Waals surface area contributed by atoms with E-state index in [1.807, 2.05) is 23.0 Å². The van der Waals surface area contributed by atoms with Crippen molar-refractivity contribution in [1.82, 2.24) is 9.61 Å². The molecule has 13 heavy (non-hydrogen) atoms. The Hall–Kier alpha value is -1.40. The van der Waals surface area contributed by atoms with Crippen molar-refractivity contribution in [2.75, 3.05) is 0 Å². The molecule has 0 unspecified atom stereocenters. The number of hydrogen-bond acceptors (Lipinski definition) is 1. The third-order valence-electron chi connectivity index (χ3n) is 2.14. The van der Waals surface area contributed by atoms with E-state index in [1.165, 1.54) is 24.2 Å². The molecule has 0 aliphatic rings. The zero-order valence-corrected chi connectivity index (χ0v) is 7.78. The first kappa shape index (κ1) is 7.05. The predicted octanol–water partition coefficient (Wildman–Crippen LogP) is 3.07. The quantitative estimate of drug-likeness (QED) is 0.527. The zero-order chi connectivity index (χ0) is 8.67. The zero-order valence-electron chi connectivity index (χ0n) is 6.88. The minimum atomic E-state index is 1.21. The van der Waals surface area contributed by atoms with Gasteiger partial charge in [0, 0.05) is 17.0 Å². The van der Waals surface area contributed by atoms with Gasteiger partial charge < -0.3 is 0 Å². The van der Waals surface area contributed by atoms with Crippen molar-refractivity contribution in [2.45, 2.75) is 0 Å². The van der Waals surface area contributed by atoms with Crippen LogP contribution >= 0.6 is 8.19 Å². The number of fused-ring (bicyclic) bond motifs is 3. The second-order valence-corrected chi connectivity index (χ2v) is 3.91. The average Bonchev–Trinajstić information content (AvgIpc) is 2.65. The van der Waals surface area contributed by atoms with E-state index in [1.54, 1.807) is 0 Å². The van der Waals surface area contributed by atoms with Crippen molar-refractivity contribution >= 4 is 24.2 Å². The Morgan fingerprint density at radius 2 is 2.15 bits per heavy atom. The topological polar surface area (TPSA) is 17.3 Å². The molecular formula is C10H7N2P. The summed E-state index contributed by atoms with van der Waals surface area (Å²) in [6, 6.07) is 8.34. The summed E-state index contributed by atoms with van der Waals surface area (Å²) in [5.74, 6) is 2.11. The molecule has 62 valence electrons. The molecule has 3 heteroatoms. The van der Waals surface area contributed by atoms with Crippen LogP contribution in [-0.2, 0) is 0 Å². The summed E-state index contributed by atoms with van der Waals surface area (Å²) in [5.41, 5.74) is 0. The number of hydrogen-bond donors (Lipinski definition) is 0. The van der Waals surface area contributed by atoms with E-state index in [0.29, 0.717) is 0 Å². The first-order valence-electron chi connectivity index (χ1n) is 4.12. The second-order valence-electron chi connectivity index (χ2n) is 2.93. The van der Waals surface area contributed by atoms with Crippen LogP contribution in [0.5, 0.6) is 0 Å². The van der Waals surface area contributed by atoms with Crippen LogP contribution in [0.1, 0.15) is 0 Å². The standard InChI is InChI=1S/C10H7N2P/c1-2-4-9-8(3-1)7-11-12-5-6-13-10(9)12/h1-7H. The van der Waals surface area contributed by atoms with Gasteiger partial charge in [-0.1, -0.05) is 24.3 Å². The SMILES string of the molecule is c1ccc2c(c1)cnn1ccpc21. The maximum atomic E-state index is 4.31. The number of aromatic nitrogens is 2. The fourth-order valence-corrected chi connectivity index (χ4v) is 2.43. The van der Waals surface area contributed by atoms with Crippen molar-refractivity contribution in [1.29, 1.82) is 0 Å². The van der Waals surface area contributed by atoms with E-state index in [2.05, 4.69) is 29.1 Å².